The third-order valence-corrected chi connectivity index (χ3v) is 4.05. The maximum absolute atomic E-state index is 13.5. The van der Waals surface area contributed by atoms with E-state index in [1.54, 1.807) is 0 Å². The molecule has 5 heteroatoms. The van der Waals surface area contributed by atoms with E-state index in [0.717, 1.165) is 18.7 Å². The van der Waals surface area contributed by atoms with Gasteiger partial charge in [0, 0.05) is 30.2 Å². The van der Waals surface area contributed by atoms with Crippen LogP contribution in [0.5, 0.6) is 0 Å². The van der Waals surface area contributed by atoms with Gasteiger partial charge in [0.15, 0.2) is 0 Å². The van der Waals surface area contributed by atoms with E-state index in [1.807, 2.05) is 14.0 Å². The molecule has 0 bridgehead atoms. The Hall–Kier alpha value is -0.350. The minimum absolute atomic E-state index is 0.0684. The topological polar surface area (TPSA) is 15.3 Å². The summed E-state index contributed by atoms with van der Waals surface area (Å²) in [6.07, 6.45) is 0. The van der Waals surface area contributed by atoms with Crippen LogP contribution in [0.15, 0.2) is 12.1 Å². The summed E-state index contributed by atoms with van der Waals surface area (Å²) in [5.74, 6) is -0.418. The van der Waals surface area contributed by atoms with Gasteiger partial charge in [0.05, 0.1) is 5.02 Å². The second-order valence-corrected chi connectivity index (χ2v) is 5.26. The first kappa shape index (κ1) is 13.1. The molecule has 1 unspecified atom stereocenters. The molecule has 17 heavy (non-hydrogen) atoms. The van der Waals surface area contributed by atoms with Gasteiger partial charge in [-0.05, 0) is 31.7 Å². The first-order chi connectivity index (χ1) is 8.00. The molecule has 0 saturated carbocycles. The Balaban J connectivity index is 2.23. The second-order valence-electron chi connectivity index (χ2n) is 4.44. The molecule has 2 nitrogen and oxygen atoms in total. The number of halogens is 3. The van der Waals surface area contributed by atoms with E-state index in [-0.39, 0.29) is 11.1 Å². The van der Waals surface area contributed by atoms with E-state index >= 15 is 0 Å². The molecule has 0 spiro atoms. The summed E-state index contributed by atoms with van der Waals surface area (Å²) >= 11 is 11.8. The van der Waals surface area contributed by atoms with Crippen molar-refractivity contribution in [2.24, 2.45) is 0 Å². The van der Waals surface area contributed by atoms with Crippen LogP contribution >= 0.6 is 23.2 Å². The van der Waals surface area contributed by atoms with Crippen molar-refractivity contribution in [1.82, 2.24) is 10.2 Å². The van der Waals surface area contributed by atoms with Gasteiger partial charge in [-0.15, -0.1) is 0 Å². The summed E-state index contributed by atoms with van der Waals surface area (Å²) in [5, 5.41) is 3.80. The molecule has 0 radical (unpaired) electrons. The Morgan fingerprint density at radius 3 is 2.53 bits per heavy atom. The number of nitrogens with zero attached hydrogens (tertiary/aromatic N) is 1. The standard InChI is InChI=1S/C12H15Cl2FN2/c1-7(17(2)8-5-16-6-8)9-3-12(15)11(14)4-10(9)13/h3-4,7-8,16H,5-6H2,1-2H3. The highest BCUT2D eigenvalue weighted by atomic mass is 35.5. The number of benzene rings is 1. The fourth-order valence-corrected chi connectivity index (χ4v) is 2.50. The predicted molar refractivity (Wildman–Crippen MR) is 69.3 cm³/mol. The van der Waals surface area contributed by atoms with Gasteiger partial charge in [0.25, 0.3) is 0 Å². The summed E-state index contributed by atoms with van der Waals surface area (Å²) < 4.78 is 13.5. The molecular weight excluding hydrogens is 262 g/mol. The third-order valence-electron chi connectivity index (χ3n) is 3.44. The summed E-state index contributed by atoms with van der Waals surface area (Å²) in [6, 6.07) is 3.45. The highest BCUT2D eigenvalue weighted by molar-refractivity contribution is 6.35. The SMILES string of the molecule is CC(c1cc(F)c(Cl)cc1Cl)N(C)C1CNC1. The highest BCUT2D eigenvalue weighted by Crippen LogP contribution is 2.32. The van der Waals surface area contributed by atoms with Gasteiger partial charge >= 0.3 is 0 Å². The molecule has 1 aromatic carbocycles. The lowest BCUT2D eigenvalue weighted by molar-refractivity contribution is 0.136. The largest absolute Gasteiger partial charge is 0.314 e. The van der Waals surface area contributed by atoms with Crippen LogP contribution in [0, 0.1) is 5.82 Å². The number of rotatable bonds is 3. The Morgan fingerprint density at radius 1 is 1.35 bits per heavy atom. The van der Waals surface area contributed by atoms with E-state index in [1.165, 1.54) is 12.1 Å². The number of hydrogen-bond acceptors (Lipinski definition) is 2. The van der Waals surface area contributed by atoms with E-state index in [2.05, 4.69) is 10.2 Å². The predicted octanol–water partition coefficient (Wildman–Crippen LogP) is 3.10. The summed E-state index contributed by atoms with van der Waals surface area (Å²) in [7, 11) is 2.03. The normalized spacial score (nSPS) is 18.2. The van der Waals surface area contributed by atoms with Gasteiger partial charge in [0.1, 0.15) is 5.82 Å². The molecule has 0 aliphatic carbocycles. The van der Waals surface area contributed by atoms with Crippen LogP contribution in [0.3, 0.4) is 0 Å². The molecular formula is C12H15Cl2FN2. The molecule has 1 fully saturated rings. The minimum atomic E-state index is -0.418. The van der Waals surface area contributed by atoms with Crippen LogP contribution < -0.4 is 5.32 Å². The van der Waals surface area contributed by atoms with Crippen LogP contribution in [-0.4, -0.2) is 31.1 Å². The maximum Gasteiger partial charge on any atom is 0.142 e. The zero-order chi connectivity index (χ0) is 12.6. The van der Waals surface area contributed by atoms with Gasteiger partial charge in [-0.1, -0.05) is 23.2 Å². The van der Waals surface area contributed by atoms with Gasteiger partial charge in [-0.3, -0.25) is 4.90 Å². The van der Waals surface area contributed by atoms with E-state index in [9.17, 15) is 4.39 Å². The number of hydrogen-bond donors (Lipinski definition) is 1. The Kier molecular flexibility index (Phi) is 3.93. The van der Waals surface area contributed by atoms with Crippen LogP contribution in [0.4, 0.5) is 4.39 Å². The lowest BCUT2D eigenvalue weighted by Gasteiger charge is -2.39. The molecule has 0 amide bonds. The van der Waals surface area contributed by atoms with Crippen LogP contribution in [0.2, 0.25) is 10.0 Å². The van der Waals surface area contributed by atoms with Crippen molar-refractivity contribution in [1.29, 1.82) is 0 Å². The minimum Gasteiger partial charge on any atom is -0.314 e. The Labute approximate surface area is 111 Å². The average molecular weight is 277 g/mol. The van der Waals surface area contributed by atoms with Crippen molar-refractivity contribution < 1.29 is 4.39 Å². The Morgan fingerprint density at radius 2 is 2.00 bits per heavy atom. The second kappa shape index (κ2) is 5.11. The zero-order valence-electron chi connectivity index (χ0n) is 9.80. The van der Waals surface area contributed by atoms with E-state index in [4.69, 9.17) is 23.2 Å². The lowest BCUT2D eigenvalue weighted by Crippen LogP contribution is -2.56. The van der Waals surface area contributed by atoms with Crippen molar-refractivity contribution in [3.63, 3.8) is 0 Å². The average Bonchev–Trinajstić information content (AvgIpc) is 2.20. The third kappa shape index (κ3) is 2.58. The maximum atomic E-state index is 13.5. The fraction of sp³-hybridized carbons (Fsp3) is 0.500. The fourth-order valence-electron chi connectivity index (χ4n) is 1.96. The molecule has 1 aliphatic heterocycles. The number of nitrogens with one attached hydrogen (secondary N) is 1. The molecule has 2 rings (SSSR count). The first-order valence-electron chi connectivity index (χ1n) is 5.57. The highest BCUT2D eigenvalue weighted by Gasteiger charge is 2.27. The molecule has 1 heterocycles. The summed E-state index contributed by atoms with van der Waals surface area (Å²) in [4.78, 5) is 2.20. The van der Waals surface area contributed by atoms with Crippen LogP contribution in [-0.2, 0) is 0 Å². The molecule has 0 aromatic heterocycles. The van der Waals surface area contributed by atoms with Crippen molar-refractivity contribution in [3.05, 3.63) is 33.6 Å². The van der Waals surface area contributed by atoms with Gasteiger partial charge in [0.2, 0.25) is 0 Å². The van der Waals surface area contributed by atoms with Crippen molar-refractivity contribution in [2.75, 3.05) is 20.1 Å². The quantitative estimate of drug-likeness (QED) is 0.854. The Bertz CT molecular complexity index is 421. The molecule has 1 aliphatic rings. The monoisotopic (exact) mass is 276 g/mol. The van der Waals surface area contributed by atoms with Crippen molar-refractivity contribution in [3.8, 4) is 0 Å². The summed E-state index contributed by atoms with van der Waals surface area (Å²) in [5.41, 5.74) is 0.781. The van der Waals surface area contributed by atoms with Gasteiger partial charge in [-0.2, -0.15) is 0 Å². The summed E-state index contributed by atoms with van der Waals surface area (Å²) in [6.45, 7) is 3.95. The smallest absolute Gasteiger partial charge is 0.142 e. The van der Waals surface area contributed by atoms with Crippen LogP contribution in [0.25, 0.3) is 0 Å². The molecule has 1 N–H and O–H groups in total. The lowest BCUT2D eigenvalue weighted by atomic mass is 10.0. The molecule has 1 atom stereocenters. The molecule has 1 saturated heterocycles. The van der Waals surface area contributed by atoms with Gasteiger partial charge in [-0.25, -0.2) is 4.39 Å². The first-order valence-corrected chi connectivity index (χ1v) is 6.33. The van der Waals surface area contributed by atoms with Gasteiger partial charge < -0.3 is 5.32 Å². The molecule has 94 valence electrons. The van der Waals surface area contributed by atoms with E-state index < -0.39 is 5.82 Å². The van der Waals surface area contributed by atoms with Crippen molar-refractivity contribution >= 4 is 23.2 Å². The molecule has 1 aromatic rings. The zero-order valence-corrected chi connectivity index (χ0v) is 11.3. The van der Waals surface area contributed by atoms with Crippen molar-refractivity contribution in [2.45, 2.75) is 19.0 Å². The number of likely N-dealkylation sites (N-methyl/N-ethyl adjacent to an activating group) is 1. The van der Waals surface area contributed by atoms with Crippen LogP contribution in [0.1, 0.15) is 18.5 Å². The van der Waals surface area contributed by atoms with E-state index in [0.29, 0.717) is 11.1 Å².